The van der Waals surface area contributed by atoms with Crippen molar-refractivity contribution in [2.75, 3.05) is 36.4 Å². The minimum absolute atomic E-state index is 0.0154. The third-order valence-electron chi connectivity index (χ3n) is 5.54. The van der Waals surface area contributed by atoms with Gasteiger partial charge in [-0.15, -0.1) is 0 Å². The number of hydrogen-bond acceptors (Lipinski definition) is 5. The van der Waals surface area contributed by atoms with E-state index in [2.05, 4.69) is 66.1 Å². The Morgan fingerprint density at radius 2 is 1.86 bits per heavy atom. The fourth-order valence-corrected chi connectivity index (χ4v) is 3.46. The summed E-state index contributed by atoms with van der Waals surface area (Å²) in [4.78, 5) is 26.2. The molecule has 1 atom stereocenters. The maximum atomic E-state index is 13.0. The highest BCUT2D eigenvalue weighted by Crippen LogP contribution is 2.24. The third-order valence-corrected chi connectivity index (χ3v) is 5.54. The molecule has 0 saturated carbocycles. The zero-order valence-electron chi connectivity index (χ0n) is 17.6. The summed E-state index contributed by atoms with van der Waals surface area (Å²) < 4.78 is 0. The summed E-state index contributed by atoms with van der Waals surface area (Å²) in [5.41, 5.74) is 5.16. The number of nitrogens with zero attached hydrogens (tertiary/aromatic N) is 4. The number of aryl methyl sites for hydroxylation is 2. The lowest BCUT2D eigenvalue weighted by Gasteiger charge is -2.37. The highest BCUT2D eigenvalue weighted by Gasteiger charge is 2.24. The molecule has 6 nitrogen and oxygen atoms in total. The number of carbonyl (C=O) groups excluding carboxylic acids is 1. The fraction of sp³-hybridized carbons (Fsp3) is 0.500. The van der Waals surface area contributed by atoms with Gasteiger partial charge in [0, 0.05) is 43.6 Å². The van der Waals surface area contributed by atoms with E-state index in [1.165, 1.54) is 16.8 Å². The van der Waals surface area contributed by atoms with Gasteiger partial charge in [-0.3, -0.25) is 4.79 Å². The second kappa shape index (κ2) is 8.59. The van der Waals surface area contributed by atoms with Gasteiger partial charge in [-0.1, -0.05) is 19.1 Å². The molecule has 2 heterocycles. The Kier molecular flexibility index (Phi) is 6.17. The van der Waals surface area contributed by atoms with Crippen molar-refractivity contribution in [2.45, 2.75) is 47.1 Å². The summed E-state index contributed by atoms with van der Waals surface area (Å²) in [6.45, 7) is 13.5. The number of carbonyl (C=O) groups is 1. The standard InChI is InChI=1S/C22H31N5O/c1-6-16(3)23-22-24-17(4)14-19(25-22)21(28)27-12-10-26(11-13-27)20-9-7-8-15(2)18(20)5/h7-9,14,16H,6,10-13H2,1-5H3,(H,23,24,25). The lowest BCUT2D eigenvalue weighted by molar-refractivity contribution is 0.0740. The van der Waals surface area contributed by atoms with Crippen LogP contribution in [0.15, 0.2) is 24.3 Å². The highest BCUT2D eigenvalue weighted by molar-refractivity contribution is 5.92. The number of rotatable bonds is 5. The number of anilines is 2. The van der Waals surface area contributed by atoms with Crippen LogP contribution in [0.2, 0.25) is 0 Å². The molecule has 6 heteroatoms. The molecule has 0 radical (unpaired) electrons. The largest absolute Gasteiger partial charge is 0.368 e. The number of hydrogen-bond donors (Lipinski definition) is 1. The van der Waals surface area contributed by atoms with Gasteiger partial charge in [0.25, 0.3) is 5.91 Å². The lowest BCUT2D eigenvalue weighted by Crippen LogP contribution is -2.49. The van der Waals surface area contributed by atoms with Gasteiger partial charge >= 0.3 is 0 Å². The molecule has 0 aliphatic carbocycles. The summed E-state index contributed by atoms with van der Waals surface area (Å²) in [7, 11) is 0. The van der Waals surface area contributed by atoms with Crippen LogP contribution in [0.5, 0.6) is 0 Å². The number of amides is 1. The van der Waals surface area contributed by atoms with E-state index in [1.54, 1.807) is 6.07 Å². The molecule has 1 unspecified atom stereocenters. The maximum absolute atomic E-state index is 13.0. The molecular formula is C22H31N5O. The number of piperazine rings is 1. The number of benzene rings is 1. The van der Waals surface area contributed by atoms with Crippen molar-refractivity contribution in [3.8, 4) is 0 Å². The summed E-state index contributed by atoms with van der Waals surface area (Å²) in [6.07, 6.45) is 0.973. The first-order chi connectivity index (χ1) is 13.4. The zero-order valence-corrected chi connectivity index (χ0v) is 17.6. The minimum atomic E-state index is -0.0154. The zero-order chi connectivity index (χ0) is 20.3. The van der Waals surface area contributed by atoms with E-state index < -0.39 is 0 Å². The Labute approximate surface area is 168 Å². The van der Waals surface area contributed by atoms with Crippen molar-refractivity contribution in [3.63, 3.8) is 0 Å². The second-order valence-corrected chi connectivity index (χ2v) is 7.67. The van der Waals surface area contributed by atoms with Crippen LogP contribution in [0.25, 0.3) is 0 Å². The van der Waals surface area contributed by atoms with Crippen LogP contribution in [0.4, 0.5) is 11.6 Å². The van der Waals surface area contributed by atoms with Crippen molar-refractivity contribution in [3.05, 3.63) is 46.8 Å². The van der Waals surface area contributed by atoms with Crippen molar-refractivity contribution in [1.82, 2.24) is 14.9 Å². The molecule has 1 fully saturated rings. The van der Waals surface area contributed by atoms with Gasteiger partial charge < -0.3 is 15.1 Å². The van der Waals surface area contributed by atoms with Crippen LogP contribution in [0, 0.1) is 20.8 Å². The van der Waals surface area contributed by atoms with Gasteiger partial charge in [0.05, 0.1) is 0 Å². The molecule has 1 aliphatic heterocycles. The molecule has 2 aromatic rings. The van der Waals surface area contributed by atoms with Gasteiger partial charge in [0.2, 0.25) is 5.95 Å². The molecule has 1 aromatic heterocycles. The summed E-state index contributed by atoms with van der Waals surface area (Å²) >= 11 is 0. The van der Waals surface area contributed by atoms with Crippen molar-refractivity contribution >= 4 is 17.5 Å². The average molecular weight is 382 g/mol. The Balaban J connectivity index is 1.69. The molecule has 3 rings (SSSR count). The van der Waals surface area contributed by atoms with Gasteiger partial charge in [-0.05, 0) is 57.4 Å². The smallest absolute Gasteiger partial charge is 0.272 e. The third kappa shape index (κ3) is 4.43. The van der Waals surface area contributed by atoms with E-state index in [0.717, 1.165) is 25.2 Å². The first-order valence-electron chi connectivity index (χ1n) is 10.1. The SMILES string of the molecule is CCC(C)Nc1nc(C)cc(C(=O)N2CCN(c3cccc(C)c3C)CC2)n1. The van der Waals surface area contributed by atoms with Gasteiger partial charge in [-0.25, -0.2) is 9.97 Å². The average Bonchev–Trinajstić information content (AvgIpc) is 2.69. The summed E-state index contributed by atoms with van der Waals surface area (Å²) in [5.74, 6) is 0.519. The van der Waals surface area contributed by atoms with Crippen LogP contribution >= 0.6 is 0 Å². The molecular weight excluding hydrogens is 350 g/mol. The molecule has 1 aliphatic rings. The highest BCUT2D eigenvalue weighted by atomic mass is 16.2. The summed E-state index contributed by atoms with van der Waals surface area (Å²) in [5, 5.41) is 3.27. The van der Waals surface area contributed by atoms with E-state index in [1.807, 2.05) is 11.8 Å². The molecule has 1 aromatic carbocycles. The molecule has 150 valence electrons. The molecule has 1 N–H and O–H groups in total. The molecule has 28 heavy (non-hydrogen) atoms. The number of nitrogens with one attached hydrogen (secondary N) is 1. The van der Waals surface area contributed by atoms with Crippen molar-refractivity contribution in [1.29, 1.82) is 0 Å². The van der Waals surface area contributed by atoms with Crippen LogP contribution in [-0.2, 0) is 0 Å². The van der Waals surface area contributed by atoms with Crippen LogP contribution in [0.3, 0.4) is 0 Å². The Morgan fingerprint density at radius 1 is 1.14 bits per heavy atom. The van der Waals surface area contributed by atoms with Crippen molar-refractivity contribution < 1.29 is 4.79 Å². The molecule has 0 spiro atoms. The minimum Gasteiger partial charge on any atom is -0.368 e. The Bertz CT molecular complexity index is 843. The first kappa shape index (κ1) is 20.1. The monoisotopic (exact) mass is 381 g/mol. The van der Waals surface area contributed by atoms with E-state index in [9.17, 15) is 4.79 Å². The van der Waals surface area contributed by atoms with Crippen LogP contribution in [-0.4, -0.2) is 53.0 Å². The van der Waals surface area contributed by atoms with Crippen LogP contribution in [0.1, 0.15) is 47.6 Å². The normalized spacial score (nSPS) is 15.5. The fourth-order valence-electron chi connectivity index (χ4n) is 3.46. The molecule has 1 saturated heterocycles. The van der Waals surface area contributed by atoms with E-state index >= 15 is 0 Å². The lowest BCUT2D eigenvalue weighted by atomic mass is 10.1. The van der Waals surface area contributed by atoms with E-state index in [4.69, 9.17) is 0 Å². The van der Waals surface area contributed by atoms with Gasteiger partial charge in [-0.2, -0.15) is 0 Å². The van der Waals surface area contributed by atoms with Gasteiger partial charge in [0.1, 0.15) is 5.69 Å². The second-order valence-electron chi connectivity index (χ2n) is 7.67. The Morgan fingerprint density at radius 3 is 2.54 bits per heavy atom. The van der Waals surface area contributed by atoms with Gasteiger partial charge in [0.15, 0.2) is 0 Å². The van der Waals surface area contributed by atoms with E-state index in [0.29, 0.717) is 24.7 Å². The van der Waals surface area contributed by atoms with Crippen LogP contribution < -0.4 is 10.2 Å². The van der Waals surface area contributed by atoms with E-state index in [-0.39, 0.29) is 11.9 Å². The summed E-state index contributed by atoms with van der Waals surface area (Å²) in [6, 6.07) is 8.46. The maximum Gasteiger partial charge on any atom is 0.272 e. The molecule has 0 bridgehead atoms. The molecule has 1 amide bonds. The number of aromatic nitrogens is 2. The van der Waals surface area contributed by atoms with Crippen molar-refractivity contribution in [2.24, 2.45) is 0 Å². The quantitative estimate of drug-likeness (QED) is 0.858. The topological polar surface area (TPSA) is 61.4 Å². The predicted octanol–water partition coefficient (Wildman–Crippen LogP) is 3.57. The Hall–Kier alpha value is -2.63. The predicted molar refractivity (Wildman–Crippen MR) is 114 cm³/mol. The first-order valence-corrected chi connectivity index (χ1v) is 10.1.